The molecule has 1 heterocycles. The largest absolute Gasteiger partial charge is 0.357 e. The smallest absolute Gasteiger partial charge is 0.191 e. The molecule has 0 radical (unpaired) electrons. The highest BCUT2D eigenvalue weighted by Crippen LogP contribution is 2.17. The number of benzene rings is 1. The van der Waals surface area contributed by atoms with Crippen LogP contribution in [0.15, 0.2) is 35.3 Å². The van der Waals surface area contributed by atoms with Gasteiger partial charge in [0.15, 0.2) is 5.96 Å². The fourth-order valence-corrected chi connectivity index (χ4v) is 3.09. The first kappa shape index (κ1) is 22.8. The second-order valence-electron chi connectivity index (χ2n) is 5.94. The number of guanidine groups is 1. The highest BCUT2D eigenvalue weighted by Gasteiger charge is 2.08. The summed E-state index contributed by atoms with van der Waals surface area (Å²) in [5, 5.41) is 11.3. The molecule has 0 aliphatic heterocycles. The van der Waals surface area contributed by atoms with E-state index in [0.717, 1.165) is 53.9 Å². The third-order valence-electron chi connectivity index (χ3n) is 3.80. The quantitative estimate of drug-likeness (QED) is 0.257. The summed E-state index contributed by atoms with van der Waals surface area (Å²) in [6, 6.07) is 10.4. The molecule has 1 aromatic heterocycles. The van der Waals surface area contributed by atoms with Crippen molar-refractivity contribution in [3.63, 3.8) is 0 Å². The molecule has 0 aliphatic rings. The number of nitrogens with one attached hydrogen (secondary N) is 2. The third-order valence-corrected chi connectivity index (χ3v) is 4.50. The summed E-state index contributed by atoms with van der Waals surface area (Å²) in [5.74, 6) is 2.03. The van der Waals surface area contributed by atoms with E-state index in [9.17, 15) is 0 Å². The van der Waals surface area contributed by atoms with Gasteiger partial charge in [-0.05, 0) is 56.9 Å². The number of para-hydroxylation sites is 1. The molecule has 5 nitrogen and oxygen atoms in total. The first-order chi connectivity index (χ1) is 12.2. The van der Waals surface area contributed by atoms with Crippen molar-refractivity contribution in [1.82, 2.24) is 20.4 Å². The Hall–Kier alpha value is -1.22. The van der Waals surface area contributed by atoms with Gasteiger partial charge in [0.05, 0.1) is 17.9 Å². The second kappa shape index (κ2) is 12.2. The van der Waals surface area contributed by atoms with Crippen LogP contribution in [0.5, 0.6) is 0 Å². The first-order valence-electron chi connectivity index (χ1n) is 8.78. The van der Waals surface area contributed by atoms with Crippen LogP contribution in [-0.2, 0) is 6.54 Å². The molecule has 2 rings (SSSR count). The van der Waals surface area contributed by atoms with Crippen molar-refractivity contribution < 1.29 is 0 Å². The Bertz CT molecular complexity index is 699. The zero-order chi connectivity index (χ0) is 18.1. The minimum absolute atomic E-state index is 0. The molecular weight excluding hydrogens is 457 g/mol. The molecule has 0 atom stereocenters. The molecule has 0 spiro atoms. The number of aliphatic imine (C=N–C) groups is 1. The van der Waals surface area contributed by atoms with E-state index < -0.39 is 0 Å². The maximum Gasteiger partial charge on any atom is 0.191 e. The van der Waals surface area contributed by atoms with Crippen molar-refractivity contribution in [3.8, 4) is 5.69 Å². The zero-order valence-electron chi connectivity index (χ0n) is 16.1. The summed E-state index contributed by atoms with van der Waals surface area (Å²) >= 11 is 1.87. The lowest BCUT2D eigenvalue weighted by Crippen LogP contribution is -2.37. The summed E-state index contributed by atoms with van der Waals surface area (Å²) in [4.78, 5) is 4.75. The highest BCUT2D eigenvalue weighted by atomic mass is 127. The molecule has 0 unspecified atom stereocenters. The Morgan fingerprint density at radius 1 is 1.23 bits per heavy atom. The number of nitrogens with zero attached hydrogens (tertiary/aromatic N) is 3. The molecule has 2 N–H and O–H groups in total. The molecule has 0 aliphatic carbocycles. The Kier molecular flexibility index (Phi) is 10.7. The molecule has 0 saturated carbocycles. The Morgan fingerprint density at radius 2 is 2.00 bits per heavy atom. The van der Waals surface area contributed by atoms with Gasteiger partial charge < -0.3 is 10.6 Å². The lowest BCUT2D eigenvalue weighted by atomic mass is 10.2. The predicted molar refractivity (Wildman–Crippen MR) is 124 cm³/mol. The van der Waals surface area contributed by atoms with E-state index in [1.165, 1.54) is 0 Å². The van der Waals surface area contributed by atoms with Gasteiger partial charge >= 0.3 is 0 Å². The third kappa shape index (κ3) is 6.83. The number of aromatic nitrogens is 2. The van der Waals surface area contributed by atoms with E-state index in [2.05, 4.69) is 60.1 Å². The molecule has 7 heteroatoms. The Labute approximate surface area is 178 Å². The highest BCUT2D eigenvalue weighted by molar-refractivity contribution is 14.0. The molecule has 0 bridgehead atoms. The first-order valence-corrected chi connectivity index (χ1v) is 10.2. The fraction of sp³-hybridized carbons (Fsp3) is 0.474. The van der Waals surface area contributed by atoms with Crippen molar-refractivity contribution in [2.75, 3.05) is 25.1 Å². The van der Waals surface area contributed by atoms with E-state index in [1.807, 2.05) is 29.4 Å². The predicted octanol–water partition coefficient (Wildman–Crippen LogP) is 3.92. The van der Waals surface area contributed by atoms with Gasteiger partial charge in [-0.15, -0.1) is 24.0 Å². The van der Waals surface area contributed by atoms with Gasteiger partial charge in [0.25, 0.3) is 0 Å². The molecule has 1 aromatic carbocycles. The van der Waals surface area contributed by atoms with Crippen LogP contribution in [0.2, 0.25) is 0 Å². The average molecular weight is 487 g/mol. The van der Waals surface area contributed by atoms with Crippen molar-refractivity contribution in [3.05, 3.63) is 47.3 Å². The van der Waals surface area contributed by atoms with Gasteiger partial charge in [-0.25, -0.2) is 9.67 Å². The van der Waals surface area contributed by atoms with Crippen LogP contribution in [-0.4, -0.2) is 40.8 Å². The van der Waals surface area contributed by atoms with Crippen molar-refractivity contribution >= 4 is 41.7 Å². The number of thioether (sulfide) groups is 1. The summed E-state index contributed by atoms with van der Waals surface area (Å²) < 4.78 is 2.00. The van der Waals surface area contributed by atoms with Gasteiger partial charge in [0, 0.05) is 18.8 Å². The Balaban J connectivity index is 0.00000338. The van der Waals surface area contributed by atoms with E-state index in [1.54, 1.807) is 0 Å². The maximum absolute atomic E-state index is 4.75. The fourth-order valence-electron chi connectivity index (χ4n) is 2.65. The number of halogens is 1. The summed E-state index contributed by atoms with van der Waals surface area (Å²) in [6.07, 6.45) is 3.27. The monoisotopic (exact) mass is 487 g/mol. The second-order valence-corrected chi connectivity index (χ2v) is 6.92. The molecule has 0 fully saturated rings. The van der Waals surface area contributed by atoms with Crippen LogP contribution < -0.4 is 10.6 Å². The summed E-state index contributed by atoms with van der Waals surface area (Å²) in [7, 11) is 0. The van der Waals surface area contributed by atoms with Crippen LogP contribution in [0.3, 0.4) is 0 Å². The molecule has 2 aromatic rings. The van der Waals surface area contributed by atoms with Crippen molar-refractivity contribution in [2.24, 2.45) is 4.99 Å². The topological polar surface area (TPSA) is 54.2 Å². The minimum Gasteiger partial charge on any atom is -0.357 e. The van der Waals surface area contributed by atoms with Crippen LogP contribution >= 0.6 is 35.7 Å². The summed E-state index contributed by atoms with van der Waals surface area (Å²) in [6.45, 7) is 8.60. The number of rotatable bonds is 8. The van der Waals surface area contributed by atoms with Crippen LogP contribution in [0, 0.1) is 13.8 Å². The molecule has 26 heavy (non-hydrogen) atoms. The molecule has 0 amide bonds. The zero-order valence-corrected chi connectivity index (χ0v) is 19.2. The molecule has 0 saturated heterocycles. The Morgan fingerprint density at radius 3 is 2.65 bits per heavy atom. The van der Waals surface area contributed by atoms with E-state index in [-0.39, 0.29) is 24.0 Å². The van der Waals surface area contributed by atoms with Crippen molar-refractivity contribution in [1.29, 1.82) is 0 Å². The number of aryl methyl sites for hydroxylation is 2. The van der Waals surface area contributed by atoms with E-state index >= 15 is 0 Å². The van der Waals surface area contributed by atoms with Gasteiger partial charge in [-0.1, -0.05) is 18.2 Å². The van der Waals surface area contributed by atoms with Gasteiger partial charge in [-0.2, -0.15) is 16.9 Å². The summed E-state index contributed by atoms with van der Waals surface area (Å²) in [5.41, 5.74) is 4.42. The van der Waals surface area contributed by atoms with Gasteiger partial charge in [0.2, 0.25) is 0 Å². The minimum atomic E-state index is 0. The lowest BCUT2D eigenvalue weighted by molar-refractivity contribution is 0.784. The van der Waals surface area contributed by atoms with Crippen LogP contribution in [0.1, 0.15) is 30.3 Å². The molecular formula is C19H30IN5S. The van der Waals surface area contributed by atoms with E-state index in [0.29, 0.717) is 6.54 Å². The van der Waals surface area contributed by atoms with Crippen LogP contribution in [0.4, 0.5) is 0 Å². The lowest BCUT2D eigenvalue weighted by Gasteiger charge is -2.13. The van der Waals surface area contributed by atoms with E-state index in [4.69, 9.17) is 4.99 Å². The number of hydrogen-bond donors (Lipinski definition) is 2. The van der Waals surface area contributed by atoms with Crippen LogP contribution in [0.25, 0.3) is 5.69 Å². The normalized spacial score (nSPS) is 11.2. The standard InChI is InChI=1S/C19H29N5S.HI/c1-5-20-19(21-11-8-12-25-4)22-14-17-9-6-7-10-18(17)24-16(3)13-15(2)23-24;/h6-7,9-10,13H,5,8,11-12,14H2,1-4H3,(H2,20,21,22);1H. The average Bonchev–Trinajstić information content (AvgIpc) is 2.95. The maximum atomic E-state index is 4.75. The number of hydrogen-bond acceptors (Lipinski definition) is 3. The van der Waals surface area contributed by atoms with Crippen molar-refractivity contribution in [2.45, 2.75) is 33.7 Å². The SMILES string of the molecule is CCNC(=NCc1ccccc1-n1nc(C)cc1C)NCCCSC.I. The van der Waals surface area contributed by atoms with Gasteiger partial charge in [-0.3, -0.25) is 0 Å². The molecule has 144 valence electrons. The van der Waals surface area contributed by atoms with Gasteiger partial charge in [0.1, 0.15) is 0 Å².